The Kier molecular flexibility index (Phi) is 9.18. The summed E-state index contributed by atoms with van der Waals surface area (Å²) >= 11 is 0. The minimum atomic E-state index is 0.943. The average molecular weight is 778 g/mol. The summed E-state index contributed by atoms with van der Waals surface area (Å²) in [4.78, 5) is 5.22. The third-order valence-electron chi connectivity index (χ3n) is 11.6. The minimum absolute atomic E-state index is 0.943. The molecule has 0 aliphatic heterocycles. The highest BCUT2D eigenvalue weighted by molar-refractivity contribution is 6.09. The summed E-state index contributed by atoms with van der Waals surface area (Å²) in [5, 5.41) is 7.70. The average Bonchev–Trinajstić information content (AvgIpc) is 3.76. The van der Waals surface area contributed by atoms with Crippen molar-refractivity contribution < 1.29 is 0 Å². The molecule has 11 aromatic rings. The molecule has 0 aliphatic carbocycles. The van der Waals surface area contributed by atoms with Gasteiger partial charge in [-0.15, -0.1) is 0 Å². The highest BCUT2D eigenvalue weighted by atomic mass is 15.2. The van der Waals surface area contributed by atoms with Crippen LogP contribution in [0.4, 0.5) is 0 Å². The van der Waals surface area contributed by atoms with E-state index in [1.807, 2.05) is 6.07 Å². The van der Waals surface area contributed by atoms with Gasteiger partial charge in [-0.25, -0.2) is 9.50 Å². The van der Waals surface area contributed by atoms with Crippen LogP contribution in [0, 0.1) is 0 Å². The van der Waals surface area contributed by atoms with Gasteiger partial charge >= 0.3 is 0 Å². The van der Waals surface area contributed by atoms with Crippen LogP contribution in [0.1, 0.15) is 0 Å². The minimum Gasteiger partial charge on any atom is -0.248 e. The van der Waals surface area contributed by atoms with E-state index in [0.717, 1.165) is 94.7 Å². The molecule has 0 radical (unpaired) electrons. The van der Waals surface area contributed by atoms with Gasteiger partial charge in [0.1, 0.15) is 5.69 Å². The molecule has 0 bridgehead atoms. The molecular weight excluding hydrogens is 739 g/mol. The lowest BCUT2D eigenvalue weighted by atomic mass is 9.94. The lowest BCUT2D eigenvalue weighted by molar-refractivity contribution is 0.979. The topological polar surface area (TPSA) is 30.2 Å². The summed E-state index contributed by atoms with van der Waals surface area (Å²) in [5.41, 5.74) is 18.6. The molecule has 0 spiro atoms. The molecule has 8 aromatic carbocycles. The van der Waals surface area contributed by atoms with Gasteiger partial charge < -0.3 is 0 Å². The predicted molar refractivity (Wildman–Crippen MR) is 254 cm³/mol. The Morgan fingerprint density at radius 2 is 0.754 bits per heavy atom. The number of fused-ring (bicyclic) bond motifs is 3. The Hall–Kier alpha value is -8.14. The van der Waals surface area contributed by atoms with Crippen molar-refractivity contribution in [1.29, 1.82) is 0 Å². The van der Waals surface area contributed by atoms with Gasteiger partial charge in [-0.3, -0.25) is 0 Å². The van der Waals surface area contributed by atoms with Crippen molar-refractivity contribution in [2.24, 2.45) is 0 Å². The van der Waals surface area contributed by atoms with Crippen LogP contribution in [0.25, 0.3) is 106 Å². The van der Waals surface area contributed by atoms with E-state index >= 15 is 0 Å². The number of benzene rings is 8. The molecule has 0 saturated heterocycles. The predicted octanol–water partition coefficient (Wildman–Crippen LogP) is 15.2. The van der Waals surface area contributed by atoms with Crippen molar-refractivity contribution in [3.8, 4) is 89.5 Å². The number of rotatable bonds is 8. The maximum atomic E-state index is 5.39. The fourth-order valence-electron chi connectivity index (χ4n) is 8.56. The number of nitrogens with zero attached hydrogens (tertiary/aromatic N) is 3. The lowest BCUT2D eigenvalue weighted by Crippen LogP contribution is -1.96. The van der Waals surface area contributed by atoms with Crippen LogP contribution in [0.15, 0.2) is 237 Å². The Morgan fingerprint density at radius 1 is 0.295 bits per heavy atom. The zero-order valence-electron chi connectivity index (χ0n) is 33.4. The number of pyridine rings is 2. The van der Waals surface area contributed by atoms with Crippen LogP contribution < -0.4 is 0 Å². The first-order chi connectivity index (χ1) is 30.2. The molecular formula is C58H39N3. The molecule has 3 aromatic heterocycles. The van der Waals surface area contributed by atoms with Crippen molar-refractivity contribution >= 4 is 16.3 Å². The second kappa shape index (κ2) is 15.6. The first kappa shape index (κ1) is 36.0. The fraction of sp³-hybridized carbons (Fsp3) is 0. The summed E-state index contributed by atoms with van der Waals surface area (Å²) in [6.45, 7) is 0. The molecule has 0 aliphatic rings. The number of aromatic nitrogens is 3. The van der Waals surface area contributed by atoms with Crippen molar-refractivity contribution in [2.75, 3.05) is 0 Å². The van der Waals surface area contributed by atoms with Crippen molar-refractivity contribution in [1.82, 2.24) is 14.6 Å². The lowest BCUT2D eigenvalue weighted by Gasteiger charge is -2.13. The van der Waals surface area contributed by atoms with Crippen LogP contribution in [0.2, 0.25) is 0 Å². The Morgan fingerprint density at radius 3 is 1.39 bits per heavy atom. The van der Waals surface area contributed by atoms with E-state index in [1.54, 1.807) is 0 Å². The van der Waals surface area contributed by atoms with E-state index in [2.05, 4.69) is 235 Å². The maximum absolute atomic E-state index is 5.39. The molecule has 0 unspecified atom stereocenters. The Labute approximate surface area is 355 Å². The molecule has 3 nitrogen and oxygen atoms in total. The van der Waals surface area contributed by atoms with E-state index < -0.39 is 0 Å². The Bertz CT molecular complexity index is 3300. The van der Waals surface area contributed by atoms with Crippen molar-refractivity contribution in [3.05, 3.63) is 237 Å². The summed E-state index contributed by atoms with van der Waals surface area (Å²) in [6, 6.07) is 84.0. The molecule has 0 fully saturated rings. The zero-order valence-corrected chi connectivity index (χ0v) is 33.4. The maximum Gasteiger partial charge on any atom is 0.101 e. The third-order valence-corrected chi connectivity index (χ3v) is 11.6. The van der Waals surface area contributed by atoms with Crippen molar-refractivity contribution in [3.63, 3.8) is 0 Å². The number of hydrogen-bond acceptors (Lipinski definition) is 2. The largest absolute Gasteiger partial charge is 0.248 e. The first-order valence-electron chi connectivity index (χ1n) is 20.7. The molecule has 11 rings (SSSR count). The normalized spacial score (nSPS) is 11.3. The Balaban J connectivity index is 1.03. The smallest absolute Gasteiger partial charge is 0.101 e. The van der Waals surface area contributed by atoms with E-state index in [4.69, 9.17) is 10.1 Å². The van der Waals surface area contributed by atoms with Gasteiger partial charge in [0.25, 0.3) is 0 Å². The van der Waals surface area contributed by atoms with Gasteiger partial charge in [-0.1, -0.05) is 206 Å². The van der Waals surface area contributed by atoms with Crippen LogP contribution in [0.5, 0.6) is 0 Å². The van der Waals surface area contributed by atoms with Crippen molar-refractivity contribution in [2.45, 2.75) is 0 Å². The fourth-order valence-corrected chi connectivity index (χ4v) is 8.56. The van der Waals surface area contributed by atoms with Gasteiger partial charge in [-0.05, 0) is 74.7 Å². The molecule has 0 N–H and O–H groups in total. The van der Waals surface area contributed by atoms with Crippen LogP contribution >= 0.6 is 0 Å². The molecule has 61 heavy (non-hydrogen) atoms. The van der Waals surface area contributed by atoms with E-state index in [0.29, 0.717) is 0 Å². The van der Waals surface area contributed by atoms with Crippen LogP contribution in [-0.4, -0.2) is 14.6 Å². The van der Waals surface area contributed by atoms with E-state index in [-0.39, 0.29) is 0 Å². The molecule has 0 amide bonds. The quantitative estimate of drug-likeness (QED) is 0.154. The highest BCUT2D eigenvalue weighted by Crippen LogP contribution is 2.42. The summed E-state index contributed by atoms with van der Waals surface area (Å²) in [6.07, 6.45) is 0. The van der Waals surface area contributed by atoms with Gasteiger partial charge in [0.05, 0.1) is 22.6 Å². The van der Waals surface area contributed by atoms with Gasteiger partial charge in [0.2, 0.25) is 0 Å². The van der Waals surface area contributed by atoms with E-state index in [9.17, 15) is 0 Å². The van der Waals surface area contributed by atoms with E-state index in [1.165, 1.54) is 11.1 Å². The summed E-state index contributed by atoms with van der Waals surface area (Å²) in [5.74, 6) is 0. The molecule has 3 heteroatoms. The second-order valence-corrected chi connectivity index (χ2v) is 15.4. The molecule has 0 saturated carbocycles. The monoisotopic (exact) mass is 777 g/mol. The third kappa shape index (κ3) is 6.88. The summed E-state index contributed by atoms with van der Waals surface area (Å²) < 4.78 is 2.15. The van der Waals surface area contributed by atoms with Gasteiger partial charge in [0, 0.05) is 33.2 Å². The SMILES string of the molecule is c1ccc(-c2cccc(-c3cc(-c4ccc(-c5ccc6c(c5)cc(-c5ccccc5)n5nc(-c7ccccc7)c(-c7ccccc7)c65)cc4)cc(-c4ccccc4)n3)c2)cc1. The molecule has 0 atom stereocenters. The number of hydrogen-bond donors (Lipinski definition) is 0. The van der Waals surface area contributed by atoms with Crippen LogP contribution in [-0.2, 0) is 0 Å². The molecule has 3 heterocycles. The molecule has 286 valence electrons. The highest BCUT2D eigenvalue weighted by Gasteiger charge is 2.22. The van der Waals surface area contributed by atoms with Gasteiger partial charge in [-0.2, -0.15) is 5.10 Å². The van der Waals surface area contributed by atoms with Crippen LogP contribution in [0.3, 0.4) is 0 Å². The zero-order chi connectivity index (χ0) is 40.5. The standard InChI is InChI=1S/C58H39N3/c1-6-17-40(18-7-1)47-27-16-28-49(35-47)54-38-50(37-53(59-54)43-19-8-2-9-20-43)42-31-29-41(30-32-42)48-33-34-52-51(36-48)39-55(44-21-10-3-11-22-44)61-58(52)56(45-23-12-4-13-24-45)57(60-61)46-25-14-5-15-26-46/h1-39H. The second-order valence-electron chi connectivity index (χ2n) is 15.4. The first-order valence-corrected chi connectivity index (χ1v) is 20.7. The van der Waals surface area contributed by atoms with Gasteiger partial charge in [0.15, 0.2) is 0 Å². The summed E-state index contributed by atoms with van der Waals surface area (Å²) in [7, 11) is 0.